The lowest BCUT2D eigenvalue weighted by atomic mass is 9.97. The van der Waals surface area contributed by atoms with Gasteiger partial charge in [0.15, 0.2) is 0 Å². The Balaban J connectivity index is 3.42. The first-order valence-electron chi connectivity index (χ1n) is 5.24. The minimum absolute atomic E-state index is 0.0196. The number of rotatable bonds is 5. The van der Waals surface area contributed by atoms with E-state index >= 15 is 0 Å². The molecule has 0 bridgehead atoms. The maximum Gasteiger partial charge on any atom is 0.336 e. The van der Waals surface area contributed by atoms with Crippen molar-refractivity contribution in [1.82, 2.24) is 0 Å². The van der Waals surface area contributed by atoms with Crippen LogP contribution in [0.4, 0.5) is 5.69 Å². The zero-order valence-electron chi connectivity index (χ0n) is 9.91. The number of aliphatic hydroxyl groups excluding tert-OH is 2. The molecule has 0 saturated carbocycles. The molecule has 0 spiro atoms. The summed E-state index contributed by atoms with van der Waals surface area (Å²) in [6.07, 6.45) is -2.83. The molecule has 0 aliphatic heterocycles. The molecule has 0 radical (unpaired) electrons. The topological polar surface area (TPSA) is 121 Å². The summed E-state index contributed by atoms with van der Waals surface area (Å²) in [7, 11) is 0. The number of nitrogens with zero attached hydrogens (tertiary/aromatic N) is 1. The number of nitro groups is 1. The maximum absolute atomic E-state index is 11.0. The van der Waals surface area contributed by atoms with Crippen molar-refractivity contribution in [2.75, 3.05) is 5.88 Å². The minimum Gasteiger partial charge on any atom is -0.478 e. The Morgan fingerprint density at radius 1 is 1.47 bits per heavy atom. The molecular formula is C11H12ClNO6. The van der Waals surface area contributed by atoms with Crippen molar-refractivity contribution in [3.63, 3.8) is 0 Å². The summed E-state index contributed by atoms with van der Waals surface area (Å²) < 4.78 is 0. The van der Waals surface area contributed by atoms with Gasteiger partial charge in [-0.1, -0.05) is 0 Å². The number of hydrogen-bond donors (Lipinski definition) is 3. The fraction of sp³-hybridized carbons (Fsp3) is 0.364. The summed E-state index contributed by atoms with van der Waals surface area (Å²) in [5.41, 5.74) is -0.822. The van der Waals surface area contributed by atoms with Crippen molar-refractivity contribution in [3.8, 4) is 0 Å². The van der Waals surface area contributed by atoms with Gasteiger partial charge in [0.25, 0.3) is 5.69 Å². The van der Waals surface area contributed by atoms with Crippen LogP contribution in [0.25, 0.3) is 0 Å². The predicted octanol–water partition coefficient (Wildman–Crippen LogP) is 1.23. The Bertz CT molecular complexity index is 483. The van der Waals surface area contributed by atoms with E-state index in [0.717, 1.165) is 12.1 Å². The number of hydrogen-bond acceptors (Lipinski definition) is 5. The fourth-order valence-corrected chi connectivity index (χ4v) is 1.78. The third kappa shape index (κ3) is 3.19. The number of aliphatic hydroxyl groups is 2. The van der Waals surface area contributed by atoms with Gasteiger partial charge in [-0.05, 0) is 18.6 Å². The quantitative estimate of drug-likeness (QED) is 0.426. The number of benzene rings is 1. The number of halogens is 1. The van der Waals surface area contributed by atoms with Crippen molar-refractivity contribution in [2.24, 2.45) is 0 Å². The zero-order valence-corrected chi connectivity index (χ0v) is 10.7. The van der Waals surface area contributed by atoms with Gasteiger partial charge in [0, 0.05) is 11.6 Å². The smallest absolute Gasteiger partial charge is 0.336 e. The first kappa shape index (κ1) is 15.4. The largest absolute Gasteiger partial charge is 0.478 e. The lowest BCUT2D eigenvalue weighted by molar-refractivity contribution is -0.385. The van der Waals surface area contributed by atoms with Crippen LogP contribution in [0.2, 0.25) is 0 Å². The van der Waals surface area contributed by atoms with Crippen molar-refractivity contribution >= 4 is 23.3 Å². The number of aromatic carboxylic acids is 1. The maximum atomic E-state index is 11.0. The van der Waals surface area contributed by atoms with Crippen LogP contribution in [-0.2, 0) is 0 Å². The summed E-state index contributed by atoms with van der Waals surface area (Å²) in [6.45, 7) is 1.30. The van der Waals surface area contributed by atoms with E-state index in [4.69, 9.17) is 16.7 Å². The number of nitro benzene ring substituents is 1. The Hall–Kier alpha value is -1.70. The summed E-state index contributed by atoms with van der Waals surface area (Å²) >= 11 is 5.37. The second-order valence-electron chi connectivity index (χ2n) is 3.94. The van der Waals surface area contributed by atoms with Crippen LogP contribution in [0, 0.1) is 17.0 Å². The Labute approximate surface area is 113 Å². The van der Waals surface area contributed by atoms with Crippen molar-refractivity contribution in [2.45, 2.75) is 19.1 Å². The Kier molecular flexibility index (Phi) is 4.82. The summed E-state index contributed by atoms with van der Waals surface area (Å²) in [5.74, 6) is -1.64. The van der Waals surface area contributed by atoms with E-state index in [1.54, 1.807) is 0 Å². The first-order chi connectivity index (χ1) is 8.79. The van der Waals surface area contributed by atoms with Gasteiger partial charge in [-0.15, -0.1) is 11.6 Å². The highest BCUT2D eigenvalue weighted by atomic mass is 35.5. The van der Waals surface area contributed by atoms with E-state index < -0.39 is 28.8 Å². The molecule has 0 fully saturated rings. The summed E-state index contributed by atoms with van der Waals surface area (Å²) in [6, 6.07) is 2.12. The highest BCUT2D eigenvalue weighted by Gasteiger charge is 2.25. The van der Waals surface area contributed by atoms with Crippen molar-refractivity contribution < 1.29 is 25.0 Å². The van der Waals surface area contributed by atoms with Crippen LogP contribution < -0.4 is 0 Å². The zero-order chi connectivity index (χ0) is 14.7. The standard InChI is InChI=1S/C11H12ClNO6/c1-5-7(11(16)17)2-6(3-8(5)13(18)19)10(15)9(14)4-12/h2-3,9-10,14-15H,4H2,1H3,(H,16,17). The molecule has 8 heteroatoms. The number of carbonyl (C=O) groups is 1. The van der Waals surface area contributed by atoms with E-state index in [2.05, 4.69) is 0 Å². The average Bonchev–Trinajstić information content (AvgIpc) is 2.36. The predicted molar refractivity (Wildman–Crippen MR) is 66.5 cm³/mol. The van der Waals surface area contributed by atoms with Gasteiger partial charge in [0.05, 0.1) is 22.5 Å². The molecule has 3 N–H and O–H groups in total. The molecule has 2 atom stereocenters. The van der Waals surface area contributed by atoms with E-state index in [1.165, 1.54) is 6.92 Å². The molecule has 1 rings (SSSR count). The van der Waals surface area contributed by atoms with Gasteiger partial charge in [0.2, 0.25) is 0 Å². The molecule has 0 aliphatic carbocycles. The van der Waals surface area contributed by atoms with Crippen LogP contribution >= 0.6 is 11.6 Å². The molecule has 104 valence electrons. The van der Waals surface area contributed by atoms with Gasteiger partial charge in [-0.25, -0.2) is 4.79 Å². The molecule has 1 aromatic carbocycles. The molecule has 0 aliphatic rings. The minimum atomic E-state index is -1.49. The monoisotopic (exact) mass is 289 g/mol. The second kappa shape index (κ2) is 5.96. The lowest BCUT2D eigenvalue weighted by Gasteiger charge is -2.16. The average molecular weight is 290 g/mol. The first-order valence-corrected chi connectivity index (χ1v) is 5.77. The molecule has 0 aromatic heterocycles. The number of alkyl halides is 1. The van der Waals surface area contributed by atoms with Gasteiger partial charge in [-0.2, -0.15) is 0 Å². The van der Waals surface area contributed by atoms with Gasteiger partial charge in [0.1, 0.15) is 6.10 Å². The van der Waals surface area contributed by atoms with Gasteiger partial charge >= 0.3 is 5.97 Å². The number of carboxylic acids is 1. The Morgan fingerprint density at radius 2 is 2.05 bits per heavy atom. The SMILES string of the molecule is Cc1c(C(=O)O)cc(C(O)C(O)CCl)cc1[N+](=O)[O-]. The molecular weight excluding hydrogens is 278 g/mol. The summed E-state index contributed by atoms with van der Waals surface area (Å²) in [4.78, 5) is 21.1. The van der Waals surface area contributed by atoms with Crippen LogP contribution in [0.15, 0.2) is 12.1 Å². The molecule has 0 saturated heterocycles. The normalized spacial score (nSPS) is 13.9. The van der Waals surface area contributed by atoms with Gasteiger partial charge in [-0.3, -0.25) is 10.1 Å². The molecule has 2 unspecified atom stereocenters. The fourth-order valence-electron chi connectivity index (χ4n) is 1.61. The van der Waals surface area contributed by atoms with Crippen LogP contribution in [-0.4, -0.2) is 38.2 Å². The van der Waals surface area contributed by atoms with Crippen molar-refractivity contribution in [1.29, 1.82) is 0 Å². The van der Waals surface area contributed by atoms with Crippen LogP contribution in [0.1, 0.15) is 27.6 Å². The van der Waals surface area contributed by atoms with E-state index in [1.807, 2.05) is 0 Å². The second-order valence-corrected chi connectivity index (χ2v) is 4.25. The lowest BCUT2D eigenvalue weighted by Crippen LogP contribution is -2.20. The number of carboxylic acid groups (broad SMARTS) is 1. The molecule has 0 amide bonds. The van der Waals surface area contributed by atoms with Gasteiger partial charge < -0.3 is 15.3 Å². The third-order valence-electron chi connectivity index (χ3n) is 2.69. The van der Waals surface area contributed by atoms with Crippen molar-refractivity contribution in [3.05, 3.63) is 38.9 Å². The molecule has 7 nitrogen and oxygen atoms in total. The highest BCUT2D eigenvalue weighted by Crippen LogP contribution is 2.28. The molecule has 1 aromatic rings. The van der Waals surface area contributed by atoms with Crippen LogP contribution in [0.5, 0.6) is 0 Å². The Morgan fingerprint density at radius 3 is 2.47 bits per heavy atom. The van der Waals surface area contributed by atoms with E-state index in [-0.39, 0.29) is 22.6 Å². The molecule has 0 heterocycles. The third-order valence-corrected chi connectivity index (χ3v) is 3.01. The van der Waals surface area contributed by atoms with E-state index in [0.29, 0.717) is 0 Å². The summed E-state index contributed by atoms with van der Waals surface area (Å²) in [5, 5.41) is 39.0. The molecule has 19 heavy (non-hydrogen) atoms. The van der Waals surface area contributed by atoms with Crippen LogP contribution in [0.3, 0.4) is 0 Å². The van der Waals surface area contributed by atoms with E-state index in [9.17, 15) is 25.1 Å². The highest BCUT2D eigenvalue weighted by molar-refractivity contribution is 6.18.